The summed E-state index contributed by atoms with van der Waals surface area (Å²) in [4.78, 5) is 12.7. The Morgan fingerprint density at radius 2 is 1.85 bits per heavy atom. The third-order valence-corrected chi connectivity index (χ3v) is 3.34. The number of aliphatic hydroxyl groups excluding tert-OH is 1. The molecule has 1 aliphatic rings. The fourth-order valence-corrected chi connectivity index (χ4v) is 1.78. The second-order valence-corrected chi connectivity index (χ2v) is 5.14. The van der Waals surface area contributed by atoms with Crippen molar-refractivity contribution in [2.24, 2.45) is 5.41 Å². The highest BCUT2D eigenvalue weighted by atomic mass is 16.5. The van der Waals surface area contributed by atoms with Gasteiger partial charge in [-0.3, -0.25) is 0 Å². The average molecular weight is 281 g/mol. The Morgan fingerprint density at radius 3 is 2.40 bits per heavy atom. The van der Waals surface area contributed by atoms with Crippen LogP contribution in [0.2, 0.25) is 0 Å². The van der Waals surface area contributed by atoms with E-state index in [-0.39, 0.29) is 12.0 Å². The molecule has 1 aromatic heterocycles. The molecule has 0 bridgehead atoms. The van der Waals surface area contributed by atoms with Gasteiger partial charge in [0, 0.05) is 18.5 Å². The van der Waals surface area contributed by atoms with Gasteiger partial charge in [0.1, 0.15) is 0 Å². The standard InChI is InChI=1S/C13H23N5O2/c1-3-7-14-10-16-11(18-12(17-10)20-4-2)15-8-13(9-19)5-6-13/h19H,3-9H2,1-2H3,(H2,14,15,16,17,18). The molecule has 1 aromatic rings. The first kappa shape index (κ1) is 14.8. The van der Waals surface area contributed by atoms with Gasteiger partial charge in [-0.1, -0.05) is 6.92 Å². The van der Waals surface area contributed by atoms with Crippen LogP contribution in [0, 0.1) is 5.41 Å². The maximum atomic E-state index is 9.31. The Balaban J connectivity index is 2.03. The molecule has 1 saturated carbocycles. The van der Waals surface area contributed by atoms with E-state index in [1.807, 2.05) is 6.92 Å². The van der Waals surface area contributed by atoms with Gasteiger partial charge in [0.05, 0.1) is 13.2 Å². The summed E-state index contributed by atoms with van der Waals surface area (Å²) >= 11 is 0. The van der Waals surface area contributed by atoms with Crippen molar-refractivity contribution in [2.45, 2.75) is 33.1 Å². The Hall–Kier alpha value is -1.63. The molecule has 0 saturated heterocycles. The molecule has 0 aliphatic heterocycles. The minimum absolute atomic E-state index is 0.00934. The molecule has 0 aromatic carbocycles. The van der Waals surface area contributed by atoms with E-state index in [2.05, 4.69) is 32.5 Å². The lowest BCUT2D eigenvalue weighted by atomic mass is 10.1. The van der Waals surface area contributed by atoms with E-state index in [1.54, 1.807) is 0 Å². The molecular formula is C13H23N5O2. The van der Waals surface area contributed by atoms with Crippen LogP contribution in [0.15, 0.2) is 0 Å². The van der Waals surface area contributed by atoms with Gasteiger partial charge >= 0.3 is 6.01 Å². The first-order chi connectivity index (χ1) is 9.71. The van der Waals surface area contributed by atoms with E-state index in [1.165, 1.54) is 0 Å². The zero-order valence-corrected chi connectivity index (χ0v) is 12.1. The minimum atomic E-state index is 0.00934. The van der Waals surface area contributed by atoms with Crippen molar-refractivity contribution in [1.29, 1.82) is 0 Å². The predicted octanol–water partition coefficient (Wildman–Crippen LogP) is 1.28. The lowest BCUT2D eigenvalue weighted by molar-refractivity contribution is 0.219. The summed E-state index contributed by atoms with van der Waals surface area (Å²) in [5.41, 5.74) is 0.00934. The van der Waals surface area contributed by atoms with Crippen LogP contribution in [0.3, 0.4) is 0 Å². The second kappa shape index (κ2) is 6.69. The van der Waals surface area contributed by atoms with E-state index in [0.29, 0.717) is 31.1 Å². The predicted molar refractivity (Wildman–Crippen MR) is 77.0 cm³/mol. The number of rotatable bonds is 9. The summed E-state index contributed by atoms with van der Waals surface area (Å²) in [7, 11) is 0. The molecule has 1 aliphatic carbocycles. The van der Waals surface area contributed by atoms with Crippen molar-refractivity contribution in [3.05, 3.63) is 0 Å². The molecule has 1 fully saturated rings. The van der Waals surface area contributed by atoms with Crippen LogP contribution in [0.25, 0.3) is 0 Å². The normalized spacial score (nSPS) is 15.8. The van der Waals surface area contributed by atoms with Crippen molar-refractivity contribution < 1.29 is 9.84 Å². The lowest BCUT2D eigenvalue weighted by Gasteiger charge is -2.14. The van der Waals surface area contributed by atoms with Gasteiger partial charge in [0.2, 0.25) is 11.9 Å². The molecule has 0 unspecified atom stereocenters. The summed E-state index contributed by atoms with van der Waals surface area (Å²) in [6.07, 6.45) is 3.08. The lowest BCUT2D eigenvalue weighted by Crippen LogP contribution is -2.21. The molecule has 0 atom stereocenters. The molecule has 2 rings (SSSR count). The van der Waals surface area contributed by atoms with Crippen LogP contribution in [0.5, 0.6) is 6.01 Å². The maximum Gasteiger partial charge on any atom is 0.323 e. The largest absolute Gasteiger partial charge is 0.464 e. The molecule has 7 heteroatoms. The molecule has 1 heterocycles. The van der Waals surface area contributed by atoms with E-state index in [4.69, 9.17) is 4.74 Å². The van der Waals surface area contributed by atoms with E-state index < -0.39 is 0 Å². The zero-order chi connectivity index (χ0) is 14.4. The highest BCUT2D eigenvalue weighted by Gasteiger charge is 2.41. The van der Waals surface area contributed by atoms with E-state index in [9.17, 15) is 5.11 Å². The van der Waals surface area contributed by atoms with Crippen LogP contribution in [0.4, 0.5) is 11.9 Å². The molecular weight excluding hydrogens is 258 g/mol. The van der Waals surface area contributed by atoms with Gasteiger partial charge in [-0.15, -0.1) is 0 Å². The third-order valence-electron chi connectivity index (χ3n) is 3.34. The Labute approximate surface area is 119 Å². The van der Waals surface area contributed by atoms with Gasteiger partial charge < -0.3 is 20.5 Å². The van der Waals surface area contributed by atoms with Crippen molar-refractivity contribution in [2.75, 3.05) is 36.9 Å². The highest BCUT2D eigenvalue weighted by Crippen LogP contribution is 2.44. The summed E-state index contributed by atoms with van der Waals surface area (Å²) < 4.78 is 5.35. The summed E-state index contributed by atoms with van der Waals surface area (Å²) in [5.74, 6) is 1.00. The SMILES string of the molecule is CCCNc1nc(NCC2(CO)CC2)nc(OCC)n1. The molecule has 0 spiro atoms. The van der Waals surface area contributed by atoms with Gasteiger partial charge in [0.25, 0.3) is 0 Å². The monoisotopic (exact) mass is 281 g/mol. The quantitative estimate of drug-likeness (QED) is 0.628. The fraction of sp³-hybridized carbons (Fsp3) is 0.769. The number of anilines is 2. The van der Waals surface area contributed by atoms with E-state index in [0.717, 1.165) is 25.8 Å². The third kappa shape index (κ3) is 3.93. The molecule has 112 valence electrons. The highest BCUT2D eigenvalue weighted by molar-refractivity contribution is 5.36. The number of hydrogen-bond donors (Lipinski definition) is 3. The summed E-state index contributed by atoms with van der Waals surface area (Å²) in [6.45, 7) is 6.15. The van der Waals surface area contributed by atoms with E-state index >= 15 is 0 Å². The number of nitrogens with one attached hydrogen (secondary N) is 2. The minimum Gasteiger partial charge on any atom is -0.464 e. The number of aliphatic hydroxyl groups is 1. The zero-order valence-electron chi connectivity index (χ0n) is 12.1. The average Bonchev–Trinajstić information content (AvgIpc) is 3.24. The van der Waals surface area contributed by atoms with Crippen molar-refractivity contribution >= 4 is 11.9 Å². The van der Waals surface area contributed by atoms with Crippen LogP contribution in [-0.2, 0) is 0 Å². The molecule has 3 N–H and O–H groups in total. The maximum absolute atomic E-state index is 9.31. The molecule has 0 amide bonds. The van der Waals surface area contributed by atoms with Crippen LogP contribution < -0.4 is 15.4 Å². The Morgan fingerprint density at radius 1 is 1.15 bits per heavy atom. The van der Waals surface area contributed by atoms with Crippen LogP contribution in [-0.4, -0.2) is 46.4 Å². The number of nitrogens with zero attached hydrogens (tertiary/aromatic N) is 3. The smallest absolute Gasteiger partial charge is 0.323 e. The van der Waals surface area contributed by atoms with Gasteiger partial charge in [0.15, 0.2) is 0 Å². The number of aromatic nitrogens is 3. The summed E-state index contributed by atoms with van der Waals surface area (Å²) in [6, 6.07) is 0.317. The van der Waals surface area contributed by atoms with Crippen LogP contribution in [0.1, 0.15) is 33.1 Å². The Bertz CT molecular complexity index is 437. The van der Waals surface area contributed by atoms with Gasteiger partial charge in [-0.25, -0.2) is 0 Å². The van der Waals surface area contributed by atoms with Gasteiger partial charge in [-0.05, 0) is 26.2 Å². The topological polar surface area (TPSA) is 92.2 Å². The summed E-state index contributed by atoms with van der Waals surface area (Å²) in [5, 5.41) is 15.6. The first-order valence-corrected chi connectivity index (χ1v) is 7.19. The van der Waals surface area contributed by atoms with Crippen molar-refractivity contribution in [1.82, 2.24) is 15.0 Å². The molecule has 0 radical (unpaired) electrons. The number of ether oxygens (including phenoxy) is 1. The molecule has 7 nitrogen and oxygen atoms in total. The first-order valence-electron chi connectivity index (χ1n) is 7.19. The van der Waals surface area contributed by atoms with Gasteiger partial charge in [-0.2, -0.15) is 15.0 Å². The second-order valence-electron chi connectivity index (χ2n) is 5.14. The van der Waals surface area contributed by atoms with Crippen molar-refractivity contribution in [3.8, 4) is 6.01 Å². The van der Waals surface area contributed by atoms with Crippen molar-refractivity contribution in [3.63, 3.8) is 0 Å². The number of hydrogen-bond acceptors (Lipinski definition) is 7. The fourth-order valence-electron chi connectivity index (χ4n) is 1.78. The van der Waals surface area contributed by atoms with Crippen LogP contribution >= 0.6 is 0 Å². The molecule has 20 heavy (non-hydrogen) atoms. The Kier molecular flexibility index (Phi) is 4.94.